The summed E-state index contributed by atoms with van der Waals surface area (Å²) in [6.07, 6.45) is 1.75. The number of rotatable bonds is 4. The molecule has 0 bridgehead atoms. The fourth-order valence-corrected chi connectivity index (χ4v) is 1.95. The monoisotopic (exact) mass is 245 g/mol. The SMILES string of the molecule is CCOc1ncccc1-c1cc(C)nn1C(C)C. The van der Waals surface area contributed by atoms with E-state index >= 15 is 0 Å². The summed E-state index contributed by atoms with van der Waals surface area (Å²) in [5.41, 5.74) is 3.05. The maximum absolute atomic E-state index is 5.58. The zero-order chi connectivity index (χ0) is 13.1. The lowest BCUT2D eigenvalue weighted by Crippen LogP contribution is -2.06. The summed E-state index contributed by atoms with van der Waals surface area (Å²) >= 11 is 0. The normalized spacial score (nSPS) is 10.9. The Balaban J connectivity index is 2.54. The molecular weight excluding hydrogens is 226 g/mol. The first-order chi connectivity index (χ1) is 8.63. The van der Waals surface area contributed by atoms with Gasteiger partial charge in [-0.05, 0) is 45.9 Å². The van der Waals surface area contributed by atoms with Crippen LogP contribution in [0.3, 0.4) is 0 Å². The van der Waals surface area contributed by atoms with Crippen LogP contribution in [-0.4, -0.2) is 21.4 Å². The number of nitrogens with zero attached hydrogens (tertiary/aromatic N) is 3. The van der Waals surface area contributed by atoms with Crippen molar-refractivity contribution in [2.24, 2.45) is 0 Å². The van der Waals surface area contributed by atoms with E-state index in [9.17, 15) is 0 Å². The first kappa shape index (κ1) is 12.6. The van der Waals surface area contributed by atoms with Crippen LogP contribution in [0.1, 0.15) is 32.5 Å². The Morgan fingerprint density at radius 2 is 2.17 bits per heavy atom. The molecule has 0 spiro atoms. The Morgan fingerprint density at radius 3 is 2.83 bits per heavy atom. The molecule has 0 saturated heterocycles. The number of aromatic nitrogens is 3. The lowest BCUT2D eigenvalue weighted by atomic mass is 10.2. The second-order valence-electron chi connectivity index (χ2n) is 4.50. The lowest BCUT2D eigenvalue weighted by molar-refractivity contribution is 0.328. The van der Waals surface area contributed by atoms with Crippen molar-refractivity contribution < 1.29 is 4.74 Å². The van der Waals surface area contributed by atoms with E-state index in [1.165, 1.54) is 0 Å². The van der Waals surface area contributed by atoms with Crippen LogP contribution in [0.2, 0.25) is 0 Å². The predicted molar refractivity (Wildman–Crippen MR) is 71.7 cm³/mol. The highest BCUT2D eigenvalue weighted by molar-refractivity contribution is 5.65. The third-order valence-corrected chi connectivity index (χ3v) is 2.68. The van der Waals surface area contributed by atoms with Crippen molar-refractivity contribution in [3.05, 3.63) is 30.1 Å². The molecule has 0 aliphatic carbocycles. The van der Waals surface area contributed by atoms with Crippen molar-refractivity contribution in [2.75, 3.05) is 6.61 Å². The van der Waals surface area contributed by atoms with Crippen molar-refractivity contribution in [3.63, 3.8) is 0 Å². The Labute approximate surface area is 108 Å². The van der Waals surface area contributed by atoms with E-state index < -0.39 is 0 Å². The molecule has 4 heteroatoms. The van der Waals surface area contributed by atoms with Gasteiger partial charge < -0.3 is 4.74 Å². The van der Waals surface area contributed by atoms with Gasteiger partial charge in [-0.2, -0.15) is 5.10 Å². The maximum atomic E-state index is 5.58. The second kappa shape index (κ2) is 5.21. The van der Waals surface area contributed by atoms with Crippen molar-refractivity contribution in [1.29, 1.82) is 0 Å². The molecule has 4 nitrogen and oxygen atoms in total. The van der Waals surface area contributed by atoms with Crippen molar-refractivity contribution in [3.8, 4) is 17.1 Å². The molecular formula is C14H19N3O. The summed E-state index contributed by atoms with van der Waals surface area (Å²) < 4.78 is 7.59. The van der Waals surface area contributed by atoms with Crippen LogP contribution in [0.25, 0.3) is 11.3 Å². The van der Waals surface area contributed by atoms with Gasteiger partial charge in [-0.1, -0.05) is 0 Å². The molecule has 0 amide bonds. The third kappa shape index (κ3) is 2.37. The molecule has 0 N–H and O–H groups in total. The third-order valence-electron chi connectivity index (χ3n) is 2.68. The van der Waals surface area contributed by atoms with E-state index in [1.807, 2.05) is 30.7 Å². The number of aryl methyl sites for hydroxylation is 1. The average Bonchev–Trinajstić information content (AvgIpc) is 2.72. The van der Waals surface area contributed by atoms with Gasteiger partial charge in [0.1, 0.15) is 0 Å². The van der Waals surface area contributed by atoms with E-state index in [4.69, 9.17) is 4.74 Å². The molecule has 2 aromatic rings. The van der Waals surface area contributed by atoms with Gasteiger partial charge in [-0.15, -0.1) is 0 Å². The fourth-order valence-electron chi connectivity index (χ4n) is 1.95. The van der Waals surface area contributed by atoms with Gasteiger partial charge in [0.05, 0.1) is 23.6 Å². The van der Waals surface area contributed by atoms with Gasteiger partial charge in [-0.25, -0.2) is 4.98 Å². The van der Waals surface area contributed by atoms with E-state index in [0.717, 1.165) is 17.0 Å². The van der Waals surface area contributed by atoms with Crippen LogP contribution < -0.4 is 4.74 Å². The Kier molecular flexibility index (Phi) is 3.65. The summed E-state index contributed by atoms with van der Waals surface area (Å²) in [4.78, 5) is 4.29. The Morgan fingerprint density at radius 1 is 1.39 bits per heavy atom. The highest BCUT2D eigenvalue weighted by atomic mass is 16.5. The highest BCUT2D eigenvalue weighted by Gasteiger charge is 2.15. The lowest BCUT2D eigenvalue weighted by Gasteiger charge is -2.13. The number of hydrogen-bond acceptors (Lipinski definition) is 3. The van der Waals surface area contributed by atoms with Gasteiger partial charge >= 0.3 is 0 Å². The van der Waals surface area contributed by atoms with Gasteiger partial charge in [0.15, 0.2) is 0 Å². The molecule has 0 aliphatic rings. The van der Waals surface area contributed by atoms with Crippen molar-refractivity contribution >= 4 is 0 Å². The first-order valence-corrected chi connectivity index (χ1v) is 6.27. The maximum Gasteiger partial charge on any atom is 0.222 e. The molecule has 0 atom stereocenters. The van der Waals surface area contributed by atoms with E-state index in [0.29, 0.717) is 18.5 Å². The summed E-state index contributed by atoms with van der Waals surface area (Å²) in [6, 6.07) is 6.32. The smallest absolute Gasteiger partial charge is 0.222 e. The molecule has 2 aromatic heterocycles. The molecule has 2 rings (SSSR count). The predicted octanol–water partition coefficient (Wildman–Crippen LogP) is 3.23. The van der Waals surface area contributed by atoms with Crippen LogP contribution in [0.4, 0.5) is 0 Å². The van der Waals surface area contributed by atoms with Gasteiger partial charge in [0.2, 0.25) is 5.88 Å². The molecule has 96 valence electrons. The quantitative estimate of drug-likeness (QED) is 0.830. The largest absolute Gasteiger partial charge is 0.477 e. The topological polar surface area (TPSA) is 39.9 Å². The summed E-state index contributed by atoms with van der Waals surface area (Å²) in [5, 5.41) is 4.52. The molecule has 2 heterocycles. The number of ether oxygens (including phenoxy) is 1. The van der Waals surface area contributed by atoms with Crippen LogP contribution >= 0.6 is 0 Å². The van der Waals surface area contributed by atoms with Crippen molar-refractivity contribution in [2.45, 2.75) is 33.7 Å². The fraction of sp³-hybridized carbons (Fsp3) is 0.429. The molecule has 18 heavy (non-hydrogen) atoms. The van der Waals surface area contributed by atoms with Crippen LogP contribution in [-0.2, 0) is 0 Å². The zero-order valence-electron chi connectivity index (χ0n) is 11.3. The molecule has 0 fully saturated rings. The van der Waals surface area contributed by atoms with Crippen LogP contribution in [0.5, 0.6) is 5.88 Å². The minimum absolute atomic E-state index is 0.309. The minimum Gasteiger partial charge on any atom is -0.477 e. The standard InChI is InChI=1S/C14H19N3O/c1-5-18-14-12(7-6-8-15-14)13-9-11(4)16-17(13)10(2)3/h6-10H,5H2,1-4H3. The second-order valence-corrected chi connectivity index (χ2v) is 4.50. The van der Waals surface area contributed by atoms with E-state index in [2.05, 4.69) is 30.0 Å². The molecule has 0 unspecified atom stereocenters. The molecule has 0 saturated carbocycles. The zero-order valence-corrected chi connectivity index (χ0v) is 11.3. The van der Waals surface area contributed by atoms with E-state index in [-0.39, 0.29) is 0 Å². The Hall–Kier alpha value is -1.84. The van der Waals surface area contributed by atoms with Gasteiger partial charge in [0, 0.05) is 12.2 Å². The number of pyridine rings is 1. The average molecular weight is 245 g/mol. The van der Waals surface area contributed by atoms with E-state index in [1.54, 1.807) is 6.20 Å². The van der Waals surface area contributed by atoms with Gasteiger partial charge in [-0.3, -0.25) is 4.68 Å². The van der Waals surface area contributed by atoms with Crippen LogP contribution in [0.15, 0.2) is 24.4 Å². The summed E-state index contributed by atoms with van der Waals surface area (Å²) in [5.74, 6) is 0.668. The first-order valence-electron chi connectivity index (χ1n) is 6.27. The molecule has 0 aromatic carbocycles. The summed E-state index contributed by atoms with van der Waals surface area (Å²) in [7, 11) is 0. The van der Waals surface area contributed by atoms with Crippen molar-refractivity contribution in [1.82, 2.24) is 14.8 Å². The Bertz CT molecular complexity index is 532. The highest BCUT2D eigenvalue weighted by Crippen LogP contribution is 2.30. The summed E-state index contributed by atoms with van der Waals surface area (Å²) in [6.45, 7) is 8.81. The minimum atomic E-state index is 0.309. The van der Waals surface area contributed by atoms with Crippen LogP contribution in [0, 0.1) is 6.92 Å². The molecule has 0 radical (unpaired) electrons. The van der Waals surface area contributed by atoms with Gasteiger partial charge in [0.25, 0.3) is 0 Å². The number of hydrogen-bond donors (Lipinski definition) is 0. The molecule has 0 aliphatic heterocycles.